The molecule has 0 heterocycles. The van der Waals surface area contributed by atoms with Crippen LogP contribution in [0, 0.1) is 0 Å². The number of hydrogen-bond donors (Lipinski definition) is 1. The third-order valence-electron chi connectivity index (χ3n) is 3.23. The summed E-state index contributed by atoms with van der Waals surface area (Å²) in [6.45, 7) is 6.17. The van der Waals surface area contributed by atoms with Crippen LogP contribution >= 0.6 is 15.9 Å². The highest BCUT2D eigenvalue weighted by molar-refractivity contribution is 9.10. The minimum atomic E-state index is -0.958. The molecule has 0 unspecified atom stereocenters. The predicted molar refractivity (Wildman–Crippen MR) is 113 cm³/mol. The number of ether oxygens (including phenoxy) is 2. The number of carboxylic acid groups (broad SMARTS) is 1. The van der Waals surface area contributed by atoms with Crippen molar-refractivity contribution in [2.24, 2.45) is 0 Å². The molecule has 0 saturated carbocycles. The molecule has 0 saturated heterocycles. The van der Waals surface area contributed by atoms with Crippen molar-refractivity contribution in [3.8, 4) is 5.75 Å². The van der Waals surface area contributed by atoms with Crippen molar-refractivity contribution in [1.82, 2.24) is 0 Å². The molecule has 2 rings (SSSR count). The molecule has 0 aliphatic rings. The van der Waals surface area contributed by atoms with Crippen LogP contribution in [0.2, 0.25) is 0 Å². The molecule has 2 aromatic carbocycles. The Kier molecular flexibility index (Phi) is 11.0. The first-order valence-electron chi connectivity index (χ1n) is 8.62. The number of halogens is 1. The molecule has 0 aliphatic heterocycles. The molecule has 0 fully saturated rings. The van der Waals surface area contributed by atoms with Gasteiger partial charge in [0.05, 0.1) is 6.61 Å². The second-order valence-electron chi connectivity index (χ2n) is 5.53. The smallest absolute Gasteiger partial charge is 0.330 e. The van der Waals surface area contributed by atoms with Crippen molar-refractivity contribution in [3.05, 3.63) is 82.9 Å². The summed E-state index contributed by atoms with van der Waals surface area (Å²) in [5, 5.41) is 8.54. The molecular formula is C22H23BrO5. The van der Waals surface area contributed by atoms with Gasteiger partial charge in [0.15, 0.2) is 0 Å². The fourth-order valence-corrected chi connectivity index (χ4v) is 2.12. The van der Waals surface area contributed by atoms with Crippen LogP contribution in [0.1, 0.15) is 24.5 Å². The summed E-state index contributed by atoms with van der Waals surface area (Å²) >= 11 is 3.39. The van der Waals surface area contributed by atoms with Crippen molar-refractivity contribution in [2.75, 3.05) is 6.61 Å². The number of carbonyl (C=O) groups excluding carboxylic acids is 1. The molecule has 0 spiro atoms. The molecule has 6 heteroatoms. The molecule has 28 heavy (non-hydrogen) atoms. The lowest BCUT2D eigenvalue weighted by Crippen LogP contribution is -1.99. The highest BCUT2D eigenvalue weighted by atomic mass is 79.9. The second kappa shape index (κ2) is 13.3. The fourth-order valence-electron chi connectivity index (χ4n) is 1.85. The van der Waals surface area contributed by atoms with Crippen molar-refractivity contribution >= 4 is 33.9 Å². The Balaban J connectivity index is 0.000000416. The van der Waals surface area contributed by atoms with E-state index in [1.165, 1.54) is 0 Å². The summed E-state index contributed by atoms with van der Waals surface area (Å²) < 4.78 is 11.3. The number of carbonyl (C=O) groups is 2. The van der Waals surface area contributed by atoms with Gasteiger partial charge in [0.25, 0.3) is 0 Å². The molecule has 0 aromatic heterocycles. The van der Waals surface area contributed by atoms with E-state index in [-0.39, 0.29) is 5.97 Å². The molecule has 2 aromatic rings. The van der Waals surface area contributed by atoms with Crippen LogP contribution in [0.3, 0.4) is 0 Å². The Morgan fingerprint density at radius 1 is 1.11 bits per heavy atom. The van der Waals surface area contributed by atoms with E-state index in [1.807, 2.05) is 55.5 Å². The van der Waals surface area contributed by atoms with Crippen LogP contribution in [0.15, 0.2) is 71.7 Å². The monoisotopic (exact) mass is 446 g/mol. The Labute approximate surface area is 173 Å². The first-order chi connectivity index (χ1) is 13.4. The zero-order valence-electron chi connectivity index (χ0n) is 15.6. The van der Waals surface area contributed by atoms with Crippen molar-refractivity contribution in [3.63, 3.8) is 0 Å². The van der Waals surface area contributed by atoms with Gasteiger partial charge >= 0.3 is 11.9 Å². The van der Waals surface area contributed by atoms with Gasteiger partial charge in [-0.3, -0.25) is 0 Å². The van der Waals surface area contributed by atoms with E-state index in [1.54, 1.807) is 6.08 Å². The zero-order chi connectivity index (χ0) is 20.8. The molecule has 0 radical (unpaired) electrons. The first-order valence-corrected chi connectivity index (χ1v) is 9.41. The SMILES string of the molecule is C=CC(=O)OCCC.O=C(O)C=Cc1ccc(OCc2ccc(Br)cc2)cc1. The summed E-state index contributed by atoms with van der Waals surface area (Å²) in [5.41, 5.74) is 1.91. The summed E-state index contributed by atoms with van der Waals surface area (Å²) in [4.78, 5) is 20.6. The summed E-state index contributed by atoms with van der Waals surface area (Å²) in [5.74, 6) is -0.548. The maximum Gasteiger partial charge on any atom is 0.330 e. The largest absolute Gasteiger partial charge is 0.489 e. The lowest BCUT2D eigenvalue weighted by molar-refractivity contribution is -0.137. The summed E-state index contributed by atoms with van der Waals surface area (Å²) in [6.07, 6.45) is 4.67. The molecular weight excluding hydrogens is 424 g/mol. The van der Waals surface area contributed by atoms with Gasteiger partial charge in [-0.15, -0.1) is 0 Å². The van der Waals surface area contributed by atoms with Gasteiger partial charge in [0.1, 0.15) is 12.4 Å². The Hall–Kier alpha value is -2.86. The number of carboxylic acids is 1. The third kappa shape index (κ3) is 10.3. The second-order valence-corrected chi connectivity index (χ2v) is 6.44. The lowest BCUT2D eigenvalue weighted by Gasteiger charge is -2.06. The van der Waals surface area contributed by atoms with E-state index in [4.69, 9.17) is 9.84 Å². The highest BCUT2D eigenvalue weighted by Gasteiger charge is 1.97. The van der Waals surface area contributed by atoms with Gasteiger partial charge in [-0.25, -0.2) is 9.59 Å². The molecule has 0 bridgehead atoms. The molecule has 5 nitrogen and oxygen atoms in total. The van der Waals surface area contributed by atoms with Crippen LogP contribution in [0.5, 0.6) is 5.75 Å². The summed E-state index contributed by atoms with van der Waals surface area (Å²) in [6, 6.07) is 15.2. The number of rotatable bonds is 8. The Morgan fingerprint density at radius 2 is 1.75 bits per heavy atom. The van der Waals surface area contributed by atoms with E-state index in [0.29, 0.717) is 13.2 Å². The minimum absolute atomic E-state index is 0.341. The van der Waals surface area contributed by atoms with E-state index < -0.39 is 5.97 Å². The molecule has 0 atom stereocenters. The van der Waals surface area contributed by atoms with Gasteiger partial charge in [-0.2, -0.15) is 0 Å². The summed E-state index contributed by atoms with van der Waals surface area (Å²) in [7, 11) is 0. The lowest BCUT2D eigenvalue weighted by atomic mass is 10.2. The van der Waals surface area contributed by atoms with Crippen molar-refractivity contribution in [1.29, 1.82) is 0 Å². The standard InChI is InChI=1S/C16H13BrO3.C6H10O2/c17-14-6-1-13(2-7-14)11-20-15-8-3-12(4-9-15)5-10-16(18)19;1-3-5-8-6(7)4-2/h1-10H,11H2,(H,18,19);4H,2-3,5H2,1H3. The molecule has 0 aliphatic carbocycles. The van der Waals surface area contributed by atoms with E-state index in [0.717, 1.165) is 39.9 Å². The van der Waals surface area contributed by atoms with Crippen LogP contribution in [0.25, 0.3) is 6.08 Å². The molecule has 148 valence electrons. The average molecular weight is 447 g/mol. The van der Waals surface area contributed by atoms with Crippen molar-refractivity contribution < 1.29 is 24.2 Å². The number of esters is 1. The van der Waals surface area contributed by atoms with Crippen LogP contribution in [0.4, 0.5) is 0 Å². The quantitative estimate of drug-likeness (QED) is 0.442. The van der Waals surface area contributed by atoms with Crippen LogP contribution < -0.4 is 4.74 Å². The van der Waals surface area contributed by atoms with E-state index >= 15 is 0 Å². The van der Waals surface area contributed by atoms with E-state index in [9.17, 15) is 9.59 Å². The number of benzene rings is 2. The van der Waals surface area contributed by atoms with Gasteiger partial charge < -0.3 is 14.6 Å². The van der Waals surface area contributed by atoms with Crippen LogP contribution in [-0.2, 0) is 20.9 Å². The van der Waals surface area contributed by atoms with Gasteiger partial charge in [0, 0.05) is 16.6 Å². The fraction of sp³-hybridized carbons (Fsp3) is 0.182. The topological polar surface area (TPSA) is 72.8 Å². The molecule has 1 N–H and O–H groups in total. The van der Waals surface area contributed by atoms with Crippen LogP contribution in [-0.4, -0.2) is 23.7 Å². The van der Waals surface area contributed by atoms with Gasteiger partial charge in [-0.05, 0) is 47.9 Å². The Morgan fingerprint density at radius 3 is 2.29 bits per heavy atom. The average Bonchev–Trinajstić information content (AvgIpc) is 2.71. The third-order valence-corrected chi connectivity index (χ3v) is 3.76. The Bertz CT molecular complexity index is 780. The maximum atomic E-state index is 10.4. The minimum Gasteiger partial charge on any atom is -0.489 e. The number of aliphatic carboxylic acids is 1. The van der Waals surface area contributed by atoms with Gasteiger partial charge in [-0.1, -0.05) is 53.7 Å². The van der Waals surface area contributed by atoms with Crippen molar-refractivity contribution in [2.45, 2.75) is 20.0 Å². The zero-order valence-corrected chi connectivity index (χ0v) is 17.2. The first kappa shape index (κ1) is 23.2. The number of hydrogen-bond acceptors (Lipinski definition) is 4. The van der Waals surface area contributed by atoms with E-state index in [2.05, 4.69) is 27.2 Å². The molecule has 0 amide bonds. The highest BCUT2D eigenvalue weighted by Crippen LogP contribution is 2.16. The van der Waals surface area contributed by atoms with Gasteiger partial charge in [0.2, 0.25) is 0 Å². The maximum absolute atomic E-state index is 10.4. The predicted octanol–water partition coefficient (Wildman–Crippen LogP) is 5.25. The normalized spacial score (nSPS) is 9.93.